The monoisotopic (exact) mass is 383 g/mol. The van der Waals surface area contributed by atoms with Crippen molar-refractivity contribution in [2.45, 2.75) is 39.7 Å². The first-order valence-electron chi connectivity index (χ1n) is 9.49. The zero-order chi connectivity index (χ0) is 20.3. The smallest absolute Gasteiger partial charge is 0.269 e. The quantitative estimate of drug-likeness (QED) is 0.629. The molecular formula is C20H25N5O3. The molecule has 8 nitrogen and oxygen atoms in total. The van der Waals surface area contributed by atoms with Crippen molar-refractivity contribution in [3.8, 4) is 11.4 Å². The van der Waals surface area contributed by atoms with Crippen molar-refractivity contribution in [2.24, 2.45) is 5.92 Å². The number of rotatable bonds is 5. The normalized spacial score (nSPS) is 16.9. The lowest BCUT2D eigenvalue weighted by atomic mass is 10.0. The zero-order valence-corrected chi connectivity index (χ0v) is 16.4. The van der Waals surface area contributed by atoms with Crippen LogP contribution in [0.5, 0.6) is 0 Å². The Hall–Kier alpha value is -3.03. The molecule has 1 aromatic carbocycles. The Morgan fingerprint density at radius 2 is 2.00 bits per heavy atom. The molecule has 2 heterocycles. The van der Waals surface area contributed by atoms with Crippen molar-refractivity contribution in [1.29, 1.82) is 0 Å². The van der Waals surface area contributed by atoms with Gasteiger partial charge < -0.3 is 10.2 Å². The molecule has 1 saturated heterocycles. The number of non-ortho nitro benzene ring substituents is 1. The number of nitro benzene ring substituents is 1. The number of nitro groups is 1. The average molecular weight is 383 g/mol. The van der Waals surface area contributed by atoms with Crippen LogP contribution in [0.25, 0.3) is 11.4 Å². The summed E-state index contributed by atoms with van der Waals surface area (Å²) in [6.45, 7) is 7.25. The van der Waals surface area contributed by atoms with Crippen LogP contribution in [-0.2, 0) is 4.79 Å². The summed E-state index contributed by atoms with van der Waals surface area (Å²) in [6.07, 6.45) is 1.92. The Morgan fingerprint density at radius 3 is 2.64 bits per heavy atom. The highest BCUT2D eigenvalue weighted by atomic mass is 16.6. The fraction of sp³-hybridized carbons (Fsp3) is 0.450. The number of carbonyl (C=O) groups excluding carboxylic acids is 1. The molecule has 1 fully saturated rings. The van der Waals surface area contributed by atoms with Crippen LogP contribution in [0.4, 0.5) is 11.5 Å². The Morgan fingerprint density at radius 1 is 1.29 bits per heavy atom. The van der Waals surface area contributed by atoms with Gasteiger partial charge in [0.2, 0.25) is 5.91 Å². The highest BCUT2D eigenvalue weighted by Crippen LogP contribution is 2.24. The number of aryl methyl sites for hydroxylation is 1. The summed E-state index contributed by atoms with van der Waals surface area (Å²) >= 11 is 0. The van der Waals surface area contributed by atoms with E-state index in [4.69, 9.17) is 0 Å². The topological polar surface area (TPSA) is 101 Å². The molecule has 148 valence electrons. The van der Waals surface area contributed by atoms with Crippen LogP contribution in [0, 0.1) is 23.0 Å². The summed E-state index contributed by atoms with van der Waals surface area (Å²) in [5.41, 5.74) is 1.60. The van der Waals surface area contributed by atoms with Crippen LogP contribution in [-0.4, -0.2) is 39.9 Å². The van der Waals surface area contributed by atoms with Crippen molar-refractivity contribution < 1.29 is 9.72 Å². The van der Waals surface area contributed by atoms with Gasteiger partial charge in [-0.05, 0) is 31.9 Å². The summed E-state index contributed by atoms with van der Waals surface area (Å²) < 4.78 is 0. The van der Waals surface area contributed by atoms with Crippen LogP contribution >= 0.6 is 0 Å². The first-order chi connectivity index (χ1) is 13.3. The Labute approximate surface area is 164 Å². The van der Waals surface area contributed by atoms with Crippen molar-refractivity contribution in [3.05, 3.63) is 46.1 Å². The number of anilines is 1. The van der Waals surface area contributed by atoms with Gasteiger partial charge in [0.15, 0.2) is 5.82 Å². The Balaban J connectivity index is 1.80. The molecule has 0 saturated carbocycles. The van der Waals surface area contributed by atoms with Crippen molar-refractivity contribution in [1.82, 2.24) is 15.3 Å². The molecule has 1 aromatic heterocycles. The third kappa shape index (κ3) is 4.62. The minimum atomic E-state index is -0.425. The molecule has 0 aliphatic carbocycles. The molecule has 3 rings (SSSR count). The van der Waals surface area contributed by atoms with E-state index in [-0.39, 0.29) is 23.6 Å². The van der Waals surface area contributed by atoms with Crippen molar-refractivity contribution in [2.75, 3.05) is 18.0 Å². The van der Waals surface area contributed by atoms with Gasteiger partial charge in [0.25, 0.3) is 5.69 Å². The second-order valence-corrected chi connectivity index (χ2v) is 7.44. The molecule has 8 heteroatoms. The van der Waals surface area contributed by atoms with Gasteiger partial charge in [-0.1, -0.05) is 13.8 Å². The van der Waals surface area contributed by atoms with Gasteiger partial charge in [-0.25, -0.2) is 9.97 Å². The largest absolute Gasteiger partial charge is 0.354 e. The van der Waals surface area contributed by atoms with E-state index in [2.05, 4.69) is 20.2 Å². The van der Waals surface area contributed by atoms with Crippen LogP contribution < -0.4 is 10.2 Å². The number of carbonyl (C=O) groups is 1. The van der Waals surface area contributed by atoms with E-state index in [0.717, 1.165) is 36.5 Å². The SMILES string of the molecule is Cc1cc(N2CCCC(NC(=O)C(C)C)C2)nc(-c2ccc([N+](=O)[O-])cc2)n1. The van der Waals surface area contributed by atoms with Gasteiger partial charge in [0, 0.05) is 54.5 Å². The Bertz CT molecular complexity index is 867. The number of piperidine rings is 1. The maximum atomic E-state index is 12.0. The van der Waals surface area contributed by atoms with E-state index in [1.54, 1.807) is 12.1 Å². The molecule has 1 amide bonds. The van der Waals surface area contributed by atoms with E-state index in [1.165, 1.54) is 12.1 Å². The summed E-state index contributed by atoms with van der Waals surface area (Å²) in [4.78, 5) is 33.8. The van der Waals surface area contributed by atoms with Gasteiger partial charge in [-0.15, -0.1) is 0 Å². The standard InChI is InChI=1S/C20H25N5O3/c1-13(2)20(26)22-16-5-4-10-24(12-16)18-11-14(3)21-19(23-18)15-6-8-17(9-7-15)25(27)28/h6-9,11,13,16H,4-5,10,12H2,1-3H3,(H,22,26). The lowest BCUT2D eigenvalue weighted by Crippen LogP contribution is -2.49. The summed E-state index contributed by atoms with van der Waals surface area (Å²) in [7, 11) is 0. The fourth-order valence-electron chi connectivity index (χ4n) is 3.25. The second-order valence-electron chi connectivity index (χ2n) is 7.44. The van der Waals surface area contributed by atoms with Crippen LogP contribution in [0.2, 0.25) is 0 Å². The van der Waals surface area contributed by atoms with Crippen LogP contribution in [0.1, 0.15) is 32.4 Å². The molecule has 0 spiro atoms. The molecule has 1 unspecified atom stereocenters. The van der Waals surface area contributed by atoms with E-state index >= 15 is 0 Å². The lowest BCUT2D eigenvalue weighted by molar-refractivity contribution is -0.384. The predicted molar refractivity (Wildman–Crippen MR) is 107 cm³/mol. The second kappa shape index (κ2) is 8.33. The van der Waals surface area contributed by atoms with Gasteiger partial charge in [-0.3, -0.25) is 14.9 Å². The molecule has 1 aliphatic heterocycles. The number of hydrogen-bond donors (Lipinski definition) is 1. The average Bonchev–Trinajstić information content (AvgIpc) is 2.67. The first kappa shape index (κ1) is 19.7. The molecular weight excluding hydrogens is 358 g/mol. The highest BCUT2D eigenvalue weighted by Gasteiger charge is 2.24. The number of hydrogen-bond acceptors (Lipinski definition) is 6. The molecule has 0 radical (unpaired) electrons. The molecule has 28 heavy (non-hydrogen) atoms. The number of aromatic nitrogens is 2. The molecule has 0 bridgehead atoms. The summed E-state index contributed by atoms with van der Waals surface area (Å²) in [5.74, 6) is 1.38. The molecule has 1 aliphatic rings. The zero-order valence-electron chi connectivity index (χ0n) is 16.4. The van der Waals surface area contributed by atoms with Crippen LogP contribution in [0.3, 0.4) is 0 Å². The summed E-state index contributed by atoms with van der Waals surface area (Å²) in [6, 6.07) is 8.28. The lowest BCUT2D eigenvalue weighted by Gasteiger charge is -2.34. The number of benzene rings is 1. The minimum absolute atomic E-state index is 0.0367. The highest BCUT2D eigenvalue weighted by molar-refractivity contribution is 5.78. The van der Waals surface area contributed by atoms with E-state index in [0.29, 0.717) is 12.4 Å². The third-order valence-electron chi connectivity index (χ3n) is 4.79. The maximum Gasteiger partial charge on any atom is 0.269 e. The van der Waals surface area contributed by atoms with Gasteiger partial charge in [-0.2, -0.15) is 0 Å². The number of nitrogens with one attached hydrogen (secondary N) is 1. The maximum absolute atomic E-state index is 12.0. The van der Waals surface area contributed by atoms with E-state index in [9.17, 15) is 14.9 Å². The van der Waals surface area contributed by atoms with Gasteiger partial charge in [0.1, 0.15) is 5.82 Å². The number of amides is 1. The molecule has 2 aromatic rings. The summed E-state index contributed by atoms with van der Waals surface area (Å²) in [5, 5.41) is 14.0. The van der Waals surface area contributed by atoms with Gasteiger partial charge in [0.05, 0.1) is 4.92 Å². The number of nitrogens with zero attached hydrogens (tertiary/aromatic N) is 4. The van der Waals surface area contributed by atoms with Crippen molar-refractivity contribution in [3.63, 3.8) is 0 Å². The minimum Gasteiger partial charge on any atom is -0.354 e. The predicted octanol–water partition coefficient (Wildman–Crippen LogP) is 3.10. The van der Waals surface area contributed by atoms with E-state index in [1.807, 2.05) is 26.8 Å². The molecule has 1 atom stereocenters. The van der Waals surface area contributed by atoms with Gasteiger partial charge >= 0.3 is 0 Å². The first-order valence-corrected chi connectivity index (χ1v) is 9.49. The van der Waals surface area contributed by atoms with Crippen molar-refractivity contribution >= 4 is 17.4 Å². The fourth-order valence-corrected chi connectivity index (χ4v) is 3.25. The molecule has 1 N–H and O–H groups in total. The Kier molecular flexibility index (Phi) is 5.87. The van der Waals surface area contributed by atoms with Crippen LogP contribution in [0.15, 0.2) is 30.3 Å². The van der Waals surface area contributed by atoms with E-state index < -0.39 is 4.92 Å². The third-order valence-corrected chi connectivity index (χ3v) is 4.79.